The average Bonchev–Trinajstić information content (AvgIpc) is 2.80. The Morgan fingerprint density at radius 2 is 1.75 bits per heavy atom. The highest BCUT2D eigenvalue weighted by molar-refractivity contribution is 6.24. The number of aliphatic hydroxyl groups is 3. The molecule has 0 aliphatic heterocycles. The number of nitrogens with zero attached hydrogens (tertiary/aromatic N) is 2. The molecule has 1 aromatic rings. The predicted octanol–water partition coefficient (Wildman–Crippen LogP) is 1.37. The first-order valence-electron chi connectivity index (χ1n) is 12.1. The molecule has 0 saturated heterocycles. The van der Waals surface area contributed by atoms with E-state index in [2.05, 4.69) is 4.90 Å². The summed E-state index contributed by atoms with van der Waals surface area (Å²) in [5.41, 5.74) is 3.32. The van der Waals surface area contributed by atoms with Crippen LogP contribution in [0.15, 0.2) is 29.0 Å². The number of hydrogen-bond acceptors (Lipinski definition) is 9. The molecule has 1 fully saturated rings. The van der Waals surface area contributed by atoms with Crippen molar-refractivity contribution in [2.45, 2.75) is 44.8 Å². The first-order valence-corrected chi connectivity index (χ1v) is 12.1. The van der Waals surface area contributed by atoms with Crippen LogP contribution in [-0.4, -0.2) is 81.6 Å². The smallest absolute Gasteiger partial charge is 0.255 e. The maximum atomic E-state index is 13.9. The van der Waals surface area contributed by atoms with E-state index < -0.39 is 58.0 Å². The molecule has 4 rings (SSSR count). The number of benzene rings is 1. The minimum absolute atomic E-state index is 0.0558. The third-order valence-electron chi connectivity index (χ3n) is 8.16. The van der Waals surface area contributed by atoms with Crippen LogP contribution in [0, 0.1) is 11.8 Å². The molecular weight excluding hydrogens is 466 g/mol. The van der Waals surface area contributed by atoms with Gasteiger partial charge in [0, 0.05) is 30.3 Å². The van der Waals surface area contributed by atoms with Crippen LogP contribution in [0.25, 0.3) is 5.76 Å². The van der Waals surface area contributed by atoms with Gasteiger partial charge in [-0.1, -0.05) is 6.92 Å². The Labute approximate surface area is 209 Å². The molecule has 10 nitrogen and oxygen atoms in total. The lowest BCUT2D eigenvalue weighted by atomic mass is 9.55. The second kappa shape index (κ2) is 8.63. The van der Waals surface area contributed by atoms with Crippen LogP contribution in [0.1, 0.15) is 44.2 Å². The monoisotopic (exact) mass is 499 g/mol. The van der Waals surface area contributed by atoms with Crippen LogP contribution in [-0.2, 0) is 14.4 Å². The van der Waals surface area contributed by atoms with Crippen LogP contribution in [0.5, 0.6) is 5.75 Å². The van der Waals surface area contributed by atoms with Gasteiger partial charge in [-0.2, -0.15) is 0 Å². The fourth-order valence-electron chi connectivity index (χ4n) is 6.43. The number of aromatic hydroxyl groups is 1. The van der Waals surface area contributed by atoms with Gasteiger partial charge in [-0.15, -0.1) is 0 Å². The summed E-state index contributed by atoms with van der Waals surface area (Å²) in [6.07, 6.45) is 0.0558. The zero-order valence-corrected chi connectivity index (χ0v) is 21.1. The van der Waals surface area contributed by atoms with Crippen molar-refractivity contribution >= 4 is 28.9 Å². The second-order valence-corrected chi connectivity index (χ2v) is 10.0. The van der Waals surface area contributed by atoms with Gasteiger partial charge < -0.3 is 31.1 Å². The van der Waals surface area contributed by atoms with Crippen LogP contribution < -0.4 is 10.6 Å². The number of fused-ring (bicyclic) bond motifs is 3. The number of aliphatic hydroxyl groups excluding tert-OH is 2. The van der Waals surface area contributed by atoms with Crippen molar-refractivity contribution in [3.05, 3.63) is 40.2 Å². The third-order valence-corrected chi connectivity index (χ3v) is 8.16. The van der Waals surface area contributed by atoms with Gasteiger partial charge in [-0.3, -0.25) is 19.3 Å². The van der Waals surface area contributed by atoms with E-state index in [0.717, 1.165) is 5.69 Å². The van der Waals surface area contributed by atoms with E-state index in [1.54, 1.807) is 20.2 Å². The van der Waals surface area contributed by atoms with Crippen LogP contribution >= 0.6 is 0 Å². The molecule has 6 N–H and O–H groups in total. The van der Waals surface area contributed by atoms with E-state index in [4.69, 9.17) is 5.73 Å². The Balaban J connectivity index is 2.02. The molecule has 0 radical (unpaired) electrons. The van der Waals surface area contributed by atoms with Crippen LogP contribution in [0.2, 0.25) is 0 Å². The number of carbonyl (C=O) groups excluding carboxylic acids is 3. The quantitative estimate of drug-likeness (QED) is 0.376. The minimum atomic E-state index is -2.64. The molecule has 3 aliphatic rings. The maximum absolute atomic E-state index is 13.9. The number of phenols is 1. The van der Waals surface area contributed by atoms with Crippen molar-refractivity contribution in [1.82, 2.24) is 4.90 Å². The molecule has 194 valence electrons. The number of rotatable bonds is 5. The fourth-order valence-corrected chi connectivity index (χ4v) is 6.43. The van der Waals surface area contributed by atoms with Crippen molar-refractivity contribution in [3.8, 4) is 5.75 Å². The van der Waals surface area contributed by atoms with E-state index in [9.17, 15) is 34.8 Å². The molecule has 1 aromatic carbocycles. The van der Waals surface area contributed by atoms with Crippen LogP contribution in [0.3, 0.4) is 0 Å². The lowest BCUT2D eigenvalue weighted by Gasteiger charge is -2.51. The Kier molecular flexibility index (Phi) is 6.17. The van der Waals surface area contributed by atoms with Gasteiger partial charge in [-0.05, 0) is 63.9 Å². The number of anilines is 1. The standard InChI is InChI=1S/C26H33N3O7/c1-6-29(7-2)14-8-9-15(30)18-16(14)11(3)12-10-13-20(28(4)5)22(32)19(25(27)35)24(34)26(13,36)23(33)17(12)21(18)31/h8-9,11-13,20,30-31,34,36H,6-7,10H2,1-5H3,(H2,27,35)/t11?,12-,13+,20+,26+/m1/s1. The Hall–Kier alpha value is -3.37. The van der Waals surface area contributed by atoms with Crippen molar-refractivity contribution in [3.63, 3.8) is 0 Å². The van der Waals surface area contributed by atoms with E-state index in [1.807, 2.05) is 20.8 Å². The SMILES string of the molecule is CCN(CC)c1ccc(O)c2c1C(C)[C@H]1C[C@H]3[C@H](N(C)C)C(=O)C(C(N)=O)=C(O)[C@@]3(O)C(=O)C1=C2O. The van der Waals surface area contributed by atoms with Gasteiger partial charge in [0.2, 0.25) is 5.78 Å². The topological polar surface area (TPSA) is 165 Å². The average molecular weight is 500 g/mol. The number of phenolic OH excluding ortho intramolecular Hbond substituents is 1. The zero-order valence-electron chi connectivity index (χ0n) is 21.1. The summed E-state index contributed by atoms with van der Waals surface area (Å²) >= 11 is 0. The summed E-state index contributed by atoms with van der Waals surface area (Å²) in [6, 6.07) is 2.11. The number of amides is 1. The van der Waals surface area contributed by atoms with Gasteiger partial charge in [0.1, 0.15) is 22.8 Å². The molecule has 0 spiro atoms. The van der Waals surface area contributed by atoms with E-state index in [1.165, 1.54) is 11.0 Å². The largest absolute Gasteiger partial charge is 0.508 e. The predicted molar refractivity (Wildman–Crippen MR) is 133 cm³/mol. The molecule has 10 heteroatoms. The van der Waals surface area contributed by atoms with Gasteiger partial charge in [0.15, 0.2) is 11.4 Å². The molecule has 3 aliphatic carbocycles. The van der Waals surface area contributed by atoms with Gasteiger partial charge in [0.05, 0.1) is 11.6 Å². The number of hydrogen-bond donors (Lipinski definition) is 5. The summed E-state index contributed by atoms with van der Waals surface area (Å²) in [7, 11) is 3.15. The van der Waals surface area contributed by atoms with Crippen molar-refractivity contribution in [2.75, 3.05) is 32.1 Å². The number of Topliss-reactive ketones (excluding diaryl/α,β-unsaturated/α-hetero) is 2. The Morgan fingerprint density at radius 3 is 2.28 bits per heavy atom. The first kappa shape index (κ1) is 25.7. The molecular formula is C26H33N3O7. The van der Waals surface area contributed by atoms with Gasteiger partial charge in [-0.25, -0.2) is 0 Å². The van der Waals surface area contributed by atoms with Crippen molar-refractivity contribution in [1.29, 1.82) is 0 Å². The summed E-state index contributed by atoms with van der Waals surface area (Å²) < 4.78 is 0. The number of carbonyl (C=O) groups is 3. The summed E-state index contributed by atoms with van der Waals surface area (Å²) in [6.45, 7) is 7.20. The summed E-state index contributed by atoms with van der Waals surface area (Å²) in [4.78, 5) is 42.8. The molecule has 1 saturated carbocycles. The number of nitrogens with two attached hydrogens (primary N) is 1. The lowest BCUT2D eigenvalue weighted by Crippen LogP contribution is -2.66. The highest BCUT2D eigenvalue weighted by Crippen LogP contribution is 2.57. The Morgan fingerprint density at radius 1 is 1.14 bits per heavy atom. The summed E-state index contributed by atoms with van der Waals surface area (Å²) in [5, 5.41) is 44.7. The highest BCUT2D eigenvalue weighted by atomic mass is 16.3. The third kappa shape index (κ3) is 3.20. The molecule has 0 heterocycles. The van der Waals surface area contributed by atoms with E-state index in [0.29, 0.717) is 18.7 Å². The van der Waals surface area contributed by atoms with Crippen molar-refractivity contribution < 1.29 is 34.8 Å². The lowest BCUT2D eigenvalue weighted by molar-refractivity contribution is -0.154. The number of likely N-dealkylation sites (N-methyl/N-ethyl adjacent to an activating group) is 1. The minimum Gasteiger partial charge on any atom is -0.508 e. The maximum Gasteiger partial charge on any atom is 0.255 e. The number of primary amides is 1. The van der Waals surface area contributed by atoms with Crippen LogP contribution in [0.4, 0.5) is 5.69 Å². The van der Waals surface area contributed by atoms with E-state index >= 15 is 0 Å². The van der Waals surface area contributed by atoms with Crippen molar-refractivity contribution in [2.24, 2.45) is 17.6 Å². The van der Waals surface area contributed by atoms with Gasteiger partial charge in [0.25, 0.3) is 5.91 Å². The molecule has 5 atom stereocenters. The molecule has 0 bridgehead atoms. The molecule has 1 amide bonds. The molecule has 0 aromatic heterocycles. The first-order chi connectivity index (χ1) is 16.8. The molecule has 36 heavy (non-hydrogen) atoms. The zero-order chi connectivity index (χ0) is 26.9. The fraction of sp³-hybridized carbons (Fsp3) is 0.500. The number of ketones is 2. The second-order valence-electron chi connectivity index (χ2n) is 10.0. The summed E-state index contributed by atoms with van der Waals surface area (Å²) in [5.74, 6) is -6.94. The van der Waals surface area contributed by atoms with E-state index in [-0.39, 0.29) is 29.2 Å². The Bertz CT molecular complexity index is 1230. The molecule has 1 unspecified atom stereocenters. The highest BCUT2D eigenvalue weighted by Gasteiger charge is 2.64. The normalized spacial score (nSPS) is 29.8. The van der Waals surface area contributed by atoms with Gasteiger partial charge >= 0.3 is 0 Å².